The van der Waals surface area contributed by atoms with Crippen molar-refractivity contribution in [2.75, 3.05) is 25.1 Å². The van der Waals surface area contributed by atoms with Crippen LogP contribution < -0.4 is 10.5 Å². The zero-order valence-electron chi connectivity index (χ0n) is 9.14. The third kappa shape index (κ3) is 1.76. The highest BCUT2D eigenvalue weighted by atomic mass is 16.3. The second-order valence-electron chi connectivity index (χ2n) is 3.56. The van der Waals surface area contributed by atoms with Crippen molar-refractivity contribution in [1.82, 2.24) is 19.6 Å². The Bertz CT molecular complexity index is 559. The number of aromatic nitrogens is 4. The summed E-state index contributed by atoms with van der Waals surface area (Å²) < 4.78 is 1.27. The zero-order chi connectivity index (χ0) is 11.7. The molecule has 2 aromatic heterocycles. The Morgan fingerprint density at radius 3 is 3.00 bits per heavy atom. The lowest BCUT2D eigenvalue weighted by atomic mass is 10.5. The van der Waals surface area contributed by atoms with E-state index < -0.39 is 0 Å². The molecule has 0 unspecified atom stereocenters. The smallest absolute Gasteiger partial charge is 0.274 e. The van der Waals surface area contributed by atoms with Crippen molar-refractivity contribution in [3.63, 3.8) is 0 Å². The first kappa shape index (κ1) is 10.6. The first-order valence-electron chi connectivity index (χ1n) is 4.90. The molecule has 2 rings (SSSR count). The second kappa shape index (κ2) is 3.93. The number of nitrogens with one attached hydrogen (secondary N) is 1. The molecule has 0 aliphatic rings. The summed E-state index contributed by atoms with van der Waals surface area (Å²) in [6, 6.07) is 1.43. The predicted octanol–water partition coefficient (Wildman–Crippen LogP) is -0.845. The summed E-state index contributed by atoms with van der Waals surface area (Å²) in [6.07, 6.45) is 0. The van der Waals surface area contributed by atoms with Crippen molar-refractivity contribution in [3.8, 4) is 0 Å². The van der Waals surface area contributed by atoms with Crippen LogP contribution in [0.2, 0.25) is 0 Å². The lowest BCUT2D eigenvalue weighted by molar-refractivity contribution is 0.303. The number of aliphatic hydroxyl groups excluding tert-OH is 1. The van der Waals surface area contributed by atoms with Crippen molar-refractivity contribution in [2.24, 2.45) is 0 Å². The van der Waals surface area contributed by atoms with E-state index in [2.05, 4.69) is 15.1 Å². The Morgan fingerprint density at radius 2 is 2.31 bits per heavy atom. The second-order valence-corrected chi connectivity index (χ2v) is 3.56. The van der Waals surface area contributed by atoms with Crippen LogP contribution in [0.1, 0.15) is 5.69 Å². The topological polar surface area (TPSA) is 86.5 Å². The third-order valence-corrected chi connectivity index (χ3v) is 2.24. The molecular weight excluding hydrogens is 210 g/mol. The van der Waals surface area contributed by atoms with E-state index in [0.29, 0.717) is 24.0 Å². The van der Waals surface area contributed by atoms with E-state index >= 15 is 0 Å². The van der Waals surface area contributed by atoms with Gasteiger partial charge in [-0.05, 0) is 6.92 Å². The number of H-pyrrole nitrogens is 1. The summed E-state index contributed by atoms with van der Waals surface area (Å²) in [5.74, 6) is 0.842. The summed E-state index contributed by atoms with van der Waals surface area (Å²) in [6.45, 7) is 2.20. The highest BCUT2D eigenvalue weighted by Gasteiger charge is 2.09. The summed E-state index contributed by atoms with van der Waals surface area (Å²) in [4.78, 5) is 21.6. The average molecular weight is 223 g/mol. The Labute approximate surface area is 91.4 Å². The minimum Gasteiger partial charge on any atom is -0.395 e. The number of hydrogen-bond acceptors (Lipinski definition) is 5. The van der Waals surface area contributed by atoms with Gasteiger partial charge in [-0.25, -0.2) is 4.98 Å². The zero-order valence-corrected chi connectivity index (χ0v) is 9.14. The summed E-state index contributed by atoms with van der Waals surface area (Å²) >= 11 is 0. The van der Waals surface area contributed by atoms with Crippen LogP contribution in [0.15, 0.2) is 10.9 Å². The van der Waals surface area contributed by atoms with E-state index in [1.807, 2.05) is 0 Å². The fourth-order valence-corrected chi connectivity index (χ4v) is 1.41. The van der Waals surface area contributed by atoms with Crippen LogP contribution in [0.4, 0.5) is 5.95 Å². The standard InChI is InChI=1S/C9H13N5O2/c1-6-5-7(16)14-8(10-6)11-9(12-14)13(2)3-4-15/h5,15H,3-4H2,1-2H3,(H,10,11,12). The molecule has 16 heavy (non-hydrogen) atoms. The molecule has 7 heteroatoms. The van der Waals surface area contributed by atoms with E-state index in [-0.39, 0.29) is 12.2 Å². The molecular formula is C9H13N5O2. The van der Waals surface area contributed by atoms with E-state index in [1.165, 1.54) is 10.6 Å². The summed E-state index contributed by atoms with van der Waals surface area (Å²) in [5, 5.41) is 11.6. The van der Waals surface area contributed by atoms with Gasteiger partial charge in [-0.1, -0.05) is 0 Å². The number of aryl methyl sites for hydroxylation is 1. The molecule has 0 amide bonds. The molecule has 0 radical (unpaired) electrons. The minimum atomic E-state index is -0.196. The van der Waals surface area contributed by atoms with Crippen LogP contribution in [0, 0.1) is 6.92 Å². The first-order chi connectivity index (χ1) is 7.61. The van der Waals surface area contributed by atoms with Crippen molar-refractivity contribution in [3.05, 3.63) is 22.1 Å². The molecule has 86 valence electrons. The fraction of sp³-hybridized carbons (Fsp3) is 0.444. The number of nitrogens with zero attached hydrogens (tertiary/aromatic N) is 4. The number of rotatable bonds is 3. The number of aliphatic hydroxyl groups is 1. The molecule has 0 aliphatic carbocycles. The summed E-state index contributed by atoms with van der Waals surface area (Å²) in [7, 11) is 1.77. The van der Waals surface area contributed by atoms with Crippen molar-refractivity contribution < 1.29 is 5.11 Å². The van der Waals surface area contributed by atoms with Gasteiger partial charge in [0.15, 0.2) is 0 Å². The van der Waals surface area contributed by atoms with Crippen LogP contribution in [0.3, 0.4) is 0 Å². The van der Waals surface area contributed by atoms with Gasteiger partial charge in [0.1, 0.15) is 0 Å². The number of likely N-dealkylation sites (N-methyl/N-ethyl adjacent to an activating group) is 1. The normalized spacial score (nSPS) is 10.9. The maximum Gasteiger partial charge on any atom is 0.274 e. The third-order valence-electron chi connectivity index (χ3n) is 2.24. The molecule has 0 aromatic carbocycles. The van der Waals surface area contributed by atoms with E-state index in [1.54, 1.807) is 18.9 Å². The van der Waals surface area contributed by atoms with Gasteiger partial charge in [0.2, 0.25) is 5.95 Å². The lowest BCUT2D eigenvalue weighted by Gasteiger charge is -2.12. The molecule has 0 spiro atoms. The largest absolute Gasteiger partial charge is 0.395 e. The Morgan fingerprint density at radius 1 is 1.56 bits per heavy atom. The van der Waals surface area contributed by atoms with Gasteiger partial charge >= 0.3 is 0 Å². The summed E-state index contributed by atoms with van der Waals surface area (Å²) in [5.41, 5.74) is 0.437. The molecule has 0 saturated heterocycles. The Balaban J connectivity index is 2.51. The van der Waals surface area contributed by atoms with Crippen LogP contribution >= 0.6 is 0 Å². The molecule has 0 aliphatic heterocycles. The fourth-order valence-electron chi connectivity index (χ4n) is 1.41. The predicted molar refractivity (Wildman–Crippen MR) is 58.7 cm³/mol. The SMILES string of the molecule is Cc1cc(=O)n2[nH]c(N(C)CCO)nc2n1. The van der Waals surface area contributed by atoms with Gasteiger partial charge in [0, 0.05) is 25.4 Å². The van der Waals surface area contributed by atoms with Crippen LogP contribution in [0.5, 0.6) is 0 Å². The molecule has 0 saturated carbocycles. The van der Waals surface area contributed by atoms with Crippen molar-refractivity contribution in [1.29, 1.82) is 0 Å². The Hall–Kier alpha value is -1.89. The lowest BCUT2D eigenvalue weighted by Crippen LogP contribution is -2.22. The van der Waals surface area contributed by atoms with Gasteiger partial charge < -0.3 is 10.0 Å². The first-order valence-corrected chi connectivity index (χ1v) is 4.90. The van der Waals surface area contributed by atoms with Gasteiger partial charge in [0.05, 0.1) is 6.61 Å². The van der Waals surface area contributed by atoms with Gasteiger partial charge in [0.25, 0.3) is 11.3 Å². The molecule has 2 aromatic rings. The molecule has 0 bridgehead atoms. The molecule has 2 N–H and O–H groups in total. The van der Waals surface area contributed by atoms with Crippen LogP contribution in [-0.2, 0) is 0 Å². The Kier molecular flexibility index (Phi) is 2.61. The number of aromatic amines is 1. The van der Waals surface area contributed by atoms with Gasteiger partial charge in [-0.15, -0.1) is 0 Å². The quantitative estimate of drug-likeness (QED) is 0.708. The monoisotopic (exact) mass is 223 g/mol. The van der Waals surface area contributed by atoms with Gasteiger partial charge in [-0.2, -0.15) is 9.50 Å². The number of hydrogen-bond donors (Lipinski definition) is 2. The van der Waals surface area contributed by atoms with Crippen molar-refractivity contribution >= 4 is 11.7 Å². The van der Waals surface area contributed by atoms with E-state index in [0.717, 1.165) is 0 Å². The highest BCUT2D eigenvalue weighted by molar-refractivity contribution is 5.38. The minimum absolute atomic E-state index is 0.0227. The molecule has 2 heterocycles. The van der Waals surface area contributed by atoms with E-state index in [9.17, 15) is 4.79 Å². The van der Waals surface area contributed by atoms with Crippen LogP contribution in [0.25, 0.3) is 5.78 Å². The number of fused-ring (bicyclic) bond motifs is 1. The molecule has 0 fully saturated rings. The van der Waals surface area contributed by atoms with Crippen molar-refractivity contribution in [2.45, 2.75) is 6.92 Å². The van der Waals surface area contributed by atoms with Crippen LogP contribution in [-0.4, -0.2) is 44.9 Å². The number of anilines is 1. The highest BCUT2D eigenvalue weighted by Crippen LogP contribution is 2.05. The maximum absolute atomic E-state index is 11.6. The maximum atomic E-state index is 11.6. The molecule has 7 nitrogen and oxygen atoms in total. The molecule has 0 atom stereocenters. The van der Waals surface area contributed by atoms with Gasteiger partial charge in [-0.3, -0.25) is 9.89 Å². The average Bonchev–Trinajstić information content (AvgIpc) is 2.62. The van der Waals surface area contributed by atoms with E-state index in [4.69, 9.17) is 5.11 Å².